The Morgan fingerprint density at radius 2 is 0.941 bits per heavy atom. The van der Waals surface area contributed by atoms with Crippen molar-refractivity contribution in [3.63, 3.8) is 0 Å². The van der Waals surface area contributed by atoms with Gasteiger partial charge in [-0.2, -0.15) is 0 Å². The van der Waals surface area contributed by atoms with Gasteiger partial charge in [0.1, 0.15) is 0 Å². The van der Waals surface area contributed by atoms with Gasteiger partial charge in [-0.15, -0.1) is 0 Å². The van der Waals surface area contributed by atoms with Crippen LogP contribution in [-0.4, -0.2) is 0 Å². The monoisotopic (exact) mass is 442 g/mol. The van der Waals surface area contributed by atoms with E-state index >= 15 is 0 Å². The van der Waals surface area contributed by atoms with Crippen LogP contribution in [0, 0.1) is 0 Å². The van der Waals surface area contributed by atoms with Crippen LogP contribution in [0.15, 0.2) is 97.1 Å². The molecule has 0 spiro atoms. The number of benzene rings is 5. The molecule has 0 unspecified atom stereocenters. The molecule has 0 aliphatic carbocycles. The number of fused-ring (bicyclic) bond motifs is 2. The van der Waals surface area contributed by atoms with Gasteiger partial charge < -0.3 is 0 Å². The predicted molar refractivity (Wildman–Crippen MR) is 150 cm³/mol. The van der Waals surface area contributed by atoms with E-state index in [-0.39, 0.29) is 10.8 Å². The van der Waals surface area contributed by atoms with E-state index < -0.39 is 0 Å². The van der Waals surface area contributed by atoms with E-state index in [1.54, 1.807) is 0 Å². The Balaban J connectivity index is 1.77. The molecule has 5 aromatic carbocycles. The zero-order chi connectivity index (χ0) is 24.1. The SMILES string of the molecule is CC(C)(C)c1ccc(-c2ccc3cc4ccccc4cc3c2-c2ccc(C(C)(C)C)cc2)cc1. The first-order valence-electron chi connectivity index (χ1n) is 12.3. The highest BCUT2D eigenvalue weighted by Crippen LogP contribution is 2.40. The zero-order valence-electron chi connectivity index (χ0n) is 21.2. The highest BCUT2D eigenvalue weighted by Gasteiger charge is 2.18. The molecule has 0 aliphatic heterocycles. The molecule has 170 valence electrons. The van der Waals surface area contributed by atoms with Gasteiger partial charge >= 0.3 is 0 Å². The third kappa shape index (κ3) is 4.14. The fourth-order valence-electron chi connectivity index (χ4n) is 4.85. The summed E-state index contributed by atoms with van der Waals surface area (Å²) in [4.78, 5) is 0. The van der Waals surface area contributed by atoms with E-state index in [2.05, 4.69) is 139 Å². The molecule has 0 saturated carbocycles. The molecule has 0 N–H and O–H groups in total. The molecule has 0 atom stereocenters. The van der Waals surface area contributed by atoms with Crippen molar-refractivity contribution in [2.45, 2.75) is 52.4 Å². The van der Waals surface area contributed by atoms with E-state index in [1.165, 1.54) is 54.9 Å². The lowest BCUT2D eigenvalue weighted by Gasteiger charge is -2.21. The van der Waals surface area contributed by atoms with Gasteiger partial charge in [-0.3, -0.25) is 0 Å². The van der Waals surface area contributed by atoms with Gasteiger partial charge in [0.2, 0.25) is 0 Å². The molecule has 0 heteroatoms. The van der Waals surface area contributed by atoms with Gasteiger partial charge in [-0.25, -0.2) is 0 Å². The summed E-state index contributed by atoms with van der Waals surface area (Å²) in [6.07, 6.45) is 0. The third-order valence-electron chi connectivity index (χ3n) is 6.99. The largest absolute Gasteiger partial charge is 0.0616 e. The van der Waals surface area contributed by atoms with Gasteiger partial charge in [-0.05, 0) is 77.9 Å². The summed E-state index contributed by atoms with van der Waals surface area (Å²) in [6.45, 7) is 13.6. The average molecular weight is 443 g/mol. The number of rotatable bonds is 2. The summed E-state index contributed by atoms with van der Waals surface area (Å²) in [5.74, 6) is 0. The topological polar surface area (TPSA) is 0 Å². The normalized spacial score (nSPS) is 12.4. The summed E-state index contributed by atoms with van der Waals surface area (Å²) in [6, 6.07) is 36.3. The lowest BCUT2D eigenvalue weighted by molar-refractivity contribution is 0.590. The Hall–Kier alpha value is -3.38. The Kier molecular flexibility index (Phi) is 5.36. The Morgan fingerprint density at radius 3 is 1.47 bits per heavy atom. The van der Waals surface area contributed by atoms with E-state index in [1.807, 2.05) is 0 Å². The predicted octanol–water partition coefficient (Wildman–Crippen LogP) is 9.92. The minimum atomic E-state index is 0.138. The molecule has 0 heterocycles. The molecular formula is C34H34. The van der Waals surface area contributed by atoms with E-state index in [9.17, 15) is 0 Å². The molecule has 0 saturated heterocycles. The van der Waals surface area contributed by atoms with Crippen molar-refractivity contribution in [2.24, 2.45) is 0 Å². The van der Waals surface area contributed by atoms with Crippen molar-refractivity contribution in [1.29, 1.82) is 0 Å². The highest BCUT2D eigenvalue weighted by molar-refractivity contribution is 6.09. The highest BCUT2D eigenvalue weighted by atomic mass is 14.2. The fourth-order valence-corrected chi connectivity index (χ4v) is 4.85. The maximum Gasteiger partial charge on any atom is -0.00266 e. The van der Waals surface area contributed by atoms with E-state index in [4.69, 9.17) is 0 Å². The van der Waals surface area contributed by atoms with Gasteiger partial charge in [-0.1, -0.05) is 126 Å². The number of hydrogen-bond donors (Lipinski definition) is 0. The maximum absolute atomic E-state index is 2.37. The molecule has 0 nitrogen and oxygen atoms in total. The summed E-state index contributed by atoms with van der Waals surface area (Å²) >= 11 is 0. The van der Waals surface area contributed by atoms with Crippen molar-refractivity contribution in [2.75, 3.05) is 0 Å². The first-order valence-corrected chi connectivity index (χ1v) is 12.3. The fraction of sp³-hybridized carbons (Fsp3) is 0.235. The Morgan fingerprint density at radius 1 is 0.441 bits per heavy atom. The molecule has 0 aromatic heterocycles. The second-order valence-electron chi connectivity index (χ2n) is 11.6. The van der Waals surface area contributed by atoms with Crippen LogP contribution in [0.25, 0.3) is 43.8 Å². The van der Waals surface area contributed by atoms with Gasteiger partial charge in [0.05, 0.1) is 0 Å². The second-order valence-corrected chi connectivity index (χ2v) is 11.6. The standard InChI is InChI=1S/C34H34/c1-33(2,3)28-16-11-23(12-17-28)30-20-15-27-21-25-9-7-8-10-26(25)22-31(27)32(30)24-13-18-29(19-14-24)34(4,5)6/h7-22H,1-6H3. The molecule has 0 aliphatic rings. The maximum atomic E-state index is 2.37. The molecule has 34 heavy (non-hydrogen) atoms. The van der Waals surface area contributed by atoms with Crippen LogP contribution in [0.1, 0.15) is 52.7 Å². The van der Waals surface area contributed by atoms with Crippen LogP contribution in [0.2, 0.25) is 0 Å². The number of hydrogen-bond acceptors (Lipinski definition) is 0. The van der Waals surface area contributed by atoms with Crippen LogP contribution < -0.4 is 0 Å². The first-order chi connectivity index (χ1) is 16.1. The molecule has 0 fully saturated rings. The van der Waals surface area contributed by atoms with Gasteiger partial charge in [0.15, 0.2) is 0 Å². The molecule has 0 bridgehead atoms. The van der Waals surface area contributed by atoms with Crippen molar-refractivity contribution in [3.05, 3.63) is 108 Å². The lowest BCUT2D eigenvalue weighted by atomic mass is 9.83. The lowest BCUT2D eigenvalue weighted by Crippen LogP contribution is -2.10. The summed E-state index contributed by atoms with van der Waals surface area (Å²) in [7, 11) is 0. The Bertz CT molecular complexity index is 1470. The van der Waals surface area contributed by atoms with Crippen LogP contribution in [0.5, 0.6) is 0 Å². The van der Waals surface area contributed by atoms with Crippen molar-refractivity contribution >= 4 is 21.5 Å². The Labute approximate surface area is 204 Å². The third-order valence-corrected chi connectivity index (χ3v) is 6.99. The first kappa shape index (κ1) is 22.4. The minimum absolute atomic E-state index is 0.138. The average Bonchev–Trinajstić information content (AvgIpc) is 2.81. The van der Waals surface area contributed by atoms with Crippen molar-refractivity contribution in [3.8, 4) is 22.3 Å². The van der Waals surface area contributed by atoms with Gasteiger partial charge in [0.25, 0.3) is 0 Å². The zero-order valence-corrected chi connectivity index (χ0v) is 21.2. The molecule has 0 radical (unpaired) electrons. The molecule has 0 amide bonds. The minimum Gasteiger partial charge on any atom is -0.0616 e. The molecule has 5 aromatic rings. The van der Waals surface area contributed by atoms with Crippen molar-refractivity contribution < 1.29 is 0 Å². The molecule has 5 rings (SSSR count). The quantitative estimate of drug-likeness (QED) is 0.239. The van der Waals surface area contributed by atoms with E-state index in [0.29, 0.717) is 0 Å². The second kappa shape index (κ2) is 8.13. The van der Waals surface area contributed by atoms with Crippen LogP contribution in [0.3, 0.4) is 0 Å². The summed E-state index contributed by atoms with van der Waals surface area (Å²) < 4.78 is 0. The van der Waals surface area contributed by atoms with Crippen molar-refractivity contribution in [1.82, 2.24) is 0 Å². The van der Waals surface area contributed by atoms with Crippen LogP contribution >= 0.6 is 0 Å². The molecular weight excluding hydrogens is 408 g/mol. The van der Waals surface area contributed by atoms with Crippen LogP contribution in [0.4, 0.5) is 0 Å². The smallest absolute Gasteiger partial charge is 0.00266 e. The van der Waals surface area contributed by atoms with Gasteiger partial charge in [0, 0.05) is 0 Å². The van der Waals surface area contributed by atoms with Crippen LogP contribution in [-0.2, 0) is 10.8 Å². The summed E-state index contributed by atoms with van der Waals surface area (Å²) in [5.41, 5.74) is 8.13. The summed E-state index contributed by atoms with van der Waals surface area (Å²) in [5, 5.41) is 5.15. The van der Waals surface area contributed by atoms with E-state index in [0.717, 1.165) is 0 Å².